The average molecular weight is 308 g/mol. The zero-order chi connectivity index (χ0) is 15.1. The molecule has 0 unspecified atom stereocenters. The Morgan fingerprint density at radius 1 is 0.810 bits per heavy atom. The molecule has 0 fully saturated rings. The molecule has 0 bridgehead atoms. The van der Waals surface area contributed by atoms with Gasteiger partial charge in [0.15, 0.2) is 0 Å². The fourth-order valence-corrected chi connectivity index (χ4v) is 2.21. The second-order valence-corrected chi connectivity index (χ2v) is 5.46. The molecule has 0 aromatic carbocycles. The van der Waals surface area contributed by atoms with Crippen LogP contribution in [0.1, 0.15) is 84.0 Å². The van der Waals surface area contributed by atoms with Gasteiger partial charge >= 0.3 is 5.97 Å². The first kappa shape index (κ1) is 23.2. The maximum atomic E-state index is 11.2. The molecule has 0 rings (SSSR count). The summed E-state index contributed by atoms with van der Waals surface area (Å²) in [4.78, 5) is 21.5. The van der Waals surface area contributed by atoms with Crippen LogP contribution in [0.15, 0.2) is 0 Å². The number of carbonyl (C=O) groups is 2. The van der Waals surface area contributed by atoms with Crippen molar-refractivity contribution in [3.8, 4) is 0 Å². The summed E-state index contributed by atoms with van der Waals surface area (Å²) in [5.41, 5.74) is 0. The molecule has 0 saturated carbocycles. The Hall–Kier alpha value is -0.0600. The molecule has 0 spiro atoms. The summed E-state index contributed by atoms with van der Waals surface area (Å²) in [7, 11) is 0. The summed E-state index contributed by atoms with van der Waals surface area (Å²) in [5, 5.41) is 10.8. The summed E-state index contributed by atoms with van der Waals surface area (Å²) in [5.74, 6) is -1.14. The molecule has 119 valence electrons. The number of hydrogen-bond donors (Lipinski definition) is 2. The Bertz CT molecular complexity index is 260. The monoisotopic (exact) mass is 308 g/mol. The average Bonchev–Trinajstić information content (AvgIpc) is 2.42. The predicted octanol–water partition coefficient (Wildman–Crippen LogP) is 3.51. The maximum Gasteiger partial charge on any atom is 0.322 e. The largest absolute Gasteiger partial charge is 0.480 e. The van der Waals surface area contributed by atoms with Gasteiger partial charge in [-0.3, -0.25) is 9.59 Å². The van der Waals surface area contributed by atoms with E-state index in [0.29, 0.717) is 6.42 Å². The van der Waals surface area contributed by atoms with Gasteiger partial charge in [-0.25, -0.2) is 0 Å². The van der Waals surface area contributed by atoms with Crippen molar-refractivity contribution in [2.45, 2.75) is 84.0 Å². The number of nitrogens with one attached hydrogen (secondary N) is 1. The topological polar surface area (TPSA) is 66.4 Å². The second-order valence-electron chi connectivity index (χ2n) is 5.46. The molecule has 0 aliphatic carbocycles. The minimum atomic E-state index is -0.989. The minimum absolute atomic E-state index is 0. The van der Waals surface area contributed by atoms with Gasteiger partial charge in [-0.1, -0.05) is 71.1 Å². The zero-order valence-electron chi connectivity index (χ0n) is 14.0. The van der Waals surface area contributed by atoms with Crippen LogP contribution in [0.3, 0.4) is 0 Å². The molecule has 0 aromatic rings. The number of hydrogen-bond acceptors (Lipinski definition) is 2. The molecule has 1 amide bonds. The smallest absolute Gasteiger partial charge is 0.322 e. The Balaban J connectivity index is 0. The molecular weight excluding hydrogens is 277 g/mol. The van der Waals surface area contributed by atoms with Crippen LogP contribution in [0.5, 0.6) is 0 Å². The fourth-order valence-electron chi connectivity index (χ4n) is 2.21. The minimum Gasteiger partial charge on any atom is -0.480 e. The molecule has 21 heavy (non-hydrogen) atoms. The number of carbonyl (C=O) groups excluding carboxylic acids is 1. The Labute approximate surface area is 151 Å². The third-order valence-corrected chi connectivity index (χ3v) is 3.44. The Kier molecular flexibility index (Phi) is 19.9. The van der Waals surface area contributed by atoms with Gasteiger partial charge in [-0.15, -0.1) is 0 Å². The van der Waals surface area contributed by atoms with Crippen molar-refractivity contribution in [3.05, 3.63) is 0 Å². The fraction of sp³-hybridized carbons (Fsp3) is 0.875. The Morgan fingerprint density at radius 2 is 1.24 bits per heavy atom. The number of rotatable bonds is 14. The summed E-state index contributed by atoms with van der Waals surface area (Å²) in [6.45, 7) is 1.97. The normalized spacial score (nSPS) is 9.95. The molecule has 5 heteroatoms. The molecular formula is C16H31NNaO3. The van der Waals surface area contributed by atoms with Gasteiger partial charge in [0.25, 0.3) is 0 Å². The van der Waals surface area contributed by atoms with Crippen molar-refractivity contribution < 1.29 is 14.7 Å². The van der Waals surface area contributed by atoms with E-state index in [9.17, 15) is 9.59 Å². The van der Waals surface area contributed by atoms with Gasteiger partial charge in [0, 0.05) is 36.0 Å². The van der Waals surface area contributed by atoms with E-state index in [1.54, 1.807) is 0 Å². The van der Waals surface area contributed by atoms with Gasteiger partial charge in [-0.05, 0) is 6.42 Å². The standard InChI is InChI=1S/C16H31NO3.Na/c1-2-3-4-5-6-7-8-9-10-11-12-13-15(18)17-14-16(19)20;/h2-14H2,1H3,(H,17,18)(H,19,20);. The number of carboxylic acid groups (broad SMARTS) is 1. The number of unbranched alkanes of at least 4 members (excludes halogenated alkanes) is 10. The molecule has 1 radical (unpaired) electrons. The van der Waals surface area contributed by atoms with E-state index in [0.717, 1.165) is 12.8 Å². The van der Waals surface area contributed by atoms with Gasteiger partial charge in [0.1, 0.15) is 6.54 Å². The summed E-state index contributed by atoms with van der Waals surface area (Å²) in [6.07, 6.45) is 14.2. The molecule has 0 heterocycles. The summed E-state index contributed by atoms with van der Waals surface area (Å²) < 4.78 is 0. The van der Waals surface area contributed by atoms with E-state index >= 15 is 0 Å². The van der Waals surface area contributed by atoms with E-state index in [1.165, 1.54) is 57.8 Å². The maximum absolute atomic E-state index is 11.2. The molecule has 0 aromatic heterocycles. The van der Waals surface area contributed by atoms with Crippen LogP contribution in [0.4, 0.5) is 0 Å². The van der Waals surface area contributed by atoms with E-state index in [4.69, 9.17) is 5.11 Å². The van der Waals surface area contributed by atoms with E-state index in [2.05, 4.69) is 12.2 Å². The third-order valence-electron chi connectivity index (χ3n) is 3.44. The van der Waals surface area contributed by atoms with Crippen LogP contribution in [-0.4, -0.2) is 53.1 Å². The summed E-state index contributed by atoms with van der Waals surface area (Å²) in [6, 6.07) is 0. The van der Waals surface area contributed by atoms with E-state index < -0.39 is 5.97 Å². The Morgan fingerprint density at radius 3 is 1.67 bits per heavy atom. The first-order valence-electron chi connectivity index (χ1n) is 8.15. The molecule has 4 nitrogen and oxygen atoms in total. The van der Waals surface area contributed by atoms with Crippen molar-refractivity contribution in [3.63, 3.8) is 0 Å². The molecule has 0 aliphatic heterocycles. The third kappa shape index (κ3) is 19.9. The first-order chi connectivity index (χ1) is 9.66. The van der Waals surface area contributed by atoms with Crippen molar-refractivity contribution in [1.82, 2.24) is 5.32 Å². The second kappa shape index (κ2) is 18.0. The van der Waals surface area contributed by atoms with Crippen molar-refractivity contribution >= 4 is 41.4 Å². The van der Waals surface area contributed by atoms with Crippen molar-refractivity contribution in [2.75, 3.05) is 6.54 Å². The van der Waals surface area contributed by atoms with Gasteiger partial charge < -0.3 is 10.4 Å². The van der Waals surface area contributed by atoms with E-state index in [1.807, 2.05) is 0 Å². The molecule has 2 N–H and O–H groups in total. The number of amides is 1. The van der Waals surface area contributed by atoms with Gasteiger partial charge in [0.05, 0.1) is 0 Å². The number of aliphatic carboxylic acids is 1. The first-order valence-corrected chi connectivity index (χ1v) is 8.15. The van der Waals surface area contributed by atoms with Crippen LogP contribution in [0.25, 0.3) is 0 Å². The quantitative estimate of drug-likeness (QED) is 0.381. The van der Waals surface area contributed by atoms with Crippen LogP contribution in [0.2, 0.25) is 0 Å². The SMILES string of the molecule is CCCCCCCCCCCCCC(=O)NCC(=O)O.[Na]. The molecule has 0 atom stereocenters. The molecule has 0 aliphatic rings. The van der Waals surface area contributed by atoms with Crippen LogP contribution in [-0.2, 0) is 9.59 Å². The predicted molar refractivity (Wildman–Crippen MR) is 87.5 cm³/mol. The van der Waals surface area contributed by atoms with Crippen LogP contribution in [0, 0.1) is 0 Å². The van der Waals surface area contributed by atoms with E-state index in [-0.39, 0.29) is 42.0 Å². The van der Waals surface area contributed by atoms with Crippen molar-refractivity contribution in [2.24, 2.45) is 0 Å². The van der Waals surface area contributed by atoms with Gasteiger partial charge in [-0.2, -0.15) is 0 Å². The van der Waals surface area contributed by atoms with Crippen LogP contribution < -0.4 is 5.32 Å². The van der Waals surface area contributed by atoms with Crippen LogP contribution >= 0.6 is 0 Å². The summed E-state index contributed by atoms with van der Waals surface area (Å²) >= 11 is 0. The van der Waals surface area contributed by atoms with Gasteiger partial charge in [0.2, 0.25) is 5.91 Å². The zero-order valence-corrected chi connectivity index (χ0v) is 16.0. The van der Waals surface area contributed by atoms with Crippen molar-refractivity contribution in [1.29, 1.82) is 0 Å². The number of carboxylic acids is 1. The molecule has 0 saturated heterocycles.